The summed E-state index contributed by atoms with van der Waals surface area (Å²) in [5.41, 5.74) is 0.686. The molecule has 0 atom stereocenters. The Balaban J connectivity index is 2.78. The summed E-state index contributed by atoms with van der Waals surface area (Å²) < 4.78 is 0. The second kappa shape index (κ2) is 5.62. The number of aliphatic hydroxyl groups is 1. The maximum Gasteiger partial charge on any atom is 0.320 e. The van der Waals surface area contributed by atoms with E-state index in [-0.39, 0.29) is 12.6 Å². The molecule has 2 amide bonds. The van der Waals surface area contributed by atoms with Gasteiger partial charge in [-0.2, -0.15) is 0 Å². The first kappa shape index (κ1) is 11.0. The van der Waals surface area contributed by atoms with Gasteiger partial charge in [0.25, 0.3) is 0 Å². The van der Waals surface area contributed by atoms with E-state index in [0.717, 1.165) is 0 Å². The van der Waals surface area contributed by atoms with E-state index in [4.69, 9.17) is 5.11 Å². The molecule has 78 valence electrons. The van der Waals surface area contributed by atoms with Crippen LogP contribution in [0.3, 0.4) is 0 Å². The average molecular weight is 205 g/mol. The Labute approximate surface area is 87.5 Å². The van der Waals surface area contributed by atoms with Crippen LogP contribution in [0.2, 0.25) is 0 Å². The number of aliphatic hydroxyl groups excluding tert-OH is 1. The van der Waals surface area contributed by atoms with Crippen molar-refractivity contribution in [3.63, 3.8) is 0 Å². The van der Waals surface area contributed by atoms with Gasteiger partial charge in [0.1, 0.15) is 12.4 Å². The molecule has 1 aromatic rings. The SMILES string of the molecule is CNC(=O)Nc1cc(C#CCO)ccn1. The number of amides is 2. The highest BCUT2D eigenvalue weighted by molar-refractivity contribution is 5.88. The van der Waals surface area contributed by atoms with Crippen LogP contribution in [0.25, 0.3) is 0 Å². The molecular formula is C10H11N3O2. The fourth-order valence-electron chi connectivity index (χ4n) is 0.897. The highest BCUT2D eigenvalue weighted by Crippen LogP contribution is 2.04. The van der Waals surface area contributed by atoms with E-state index in [2.05, 4.69) is 27.5 Å². The second-order valence-electron chi connectivity index (χ2n) is 2.59. The Bertz CT molecular complexity index is 407. The lowest BCUT2D eigenvalue weighted by molar-refractivity contribution is 0.254. The molecule has 0 aliphatic heterocycles. The molecule has 5 nitrogen and oxygen atoms in total. The Kier molecular flexibility index (Phi) is 4.13. The average Bonchev–Trinajstić information content (AvgIpc) is 2.26. The number of rotatable bonds is 1. The molecule has 0 saturated carbocycles. The van der Waals surface area contributed by atoms with E-state index < -0.39 is 0 Å². The van der Waals surface area contributed by atoms with Crippen molar-refractivity contribution in [3.05, 3.63) is 23.9 Å². The van der Waals surface area contributed by atoms with E-state index >= 15 is 0 Å². The molecule has 1 heterocycles. The van der Waals surface area contributed by atoms with Crippen LogP contribution in [-0.2, 0) is 0 Å². The first-order chi connectivity index (χ1) is 7.26. The van der Waals surface area contributed by atoms with Crippen molar-refractivity contribution in [2.24, 2.45) is 0 Å². The minimum Gasteiger partial charge on any atom is -0.384 e. The van der Waals surface area contributed by atoms with Crippen molar-refractivity contribution in [2.75, 3.05) is 19.0 Å². The lowest BCUT2D eigenvalue weighted by Gasteiger charge is -2.02. The smallest absolute Gasteiger partial charge is 0.320 e. The number of urea groups is 1. The van der Waals surface area contributed by atoms with Gasteiger partial charge in [0.15, 0.2) is 0 Å². The molecule has 0 aliphatic carbocycles. The molecule has 1 rings (SSSR count). The molecule has 5 heteroatoms. The standard InChI is InChI=1S/C10H11N3O2/c1-11-10(15)13-9-7-8(3-2-6-14)4-5-12-9/h4-5,7,14H,6H2,1H3,(H2,11,12,13,15). The molecule has 0 fully saturated rings. The zero-order chi connectivity index (χ0) is 11.1. The number of hydrogen-bond acceptors (Lipinski definition) is 3. The van der Waals surface area contributed by atoms with Crippen LogP contribution in [0.1, 0.15) is 5.56 Å². The maximum absolute atomic E-state index is 11.0. The van der Waals surface area contributed by atoms with Gasteiger partial charge < -0.3 is 10.4 Å². The van der Waals surface area contributed by atoms with Gasteiger partial charge in [-0.05, 0) is 12.1 Å². The molecule has 0 aliphatic rings. The summed E-state index contributed by atoms with van der Waals surface area (Å²) in [4.78, 5) is 14.9. The van der Waals surface area contributed by atoms with E-state index in [0.29, 0.717) is 11.4 Å². The highest BCUT2D eigenvalue weighted by Gasteiger charge is 1.99. The lowest BCUT2D eigenvalue weighted by Crippen LogP contribution is -2.24. The van der Waals surface area contributed by atoms with Gasteiger partial charge in [-0.1, -0.05) is 11.8 Å². The number of nitrogens with zero attached hydrogens (tertiary/aromatic N) is 1. The second-order valence-corrected chi connectivity index (χ2v) is 2.59. The molecule has 3 N–H and O–H groups in total. The number of anilines is 1. The number of nitrogens with one attached hydrogen (secondary N) is 2. The van der Waals surface area contributed by atoms with Gasteiger partial charge in [-0.25, -0.2) is 9.78 Å². The van der Waals surface area contributed by atoms with Gasteiger partial charge in [0, 0.05) is 18.8 Å². The van der Waals surface area contributed by atoms with Gasteiger partial charge in [0.2, 0.25) is 0 Å². The van der Waals surface area contributed by atoms with Gasteiger partial charge in [0.05, 0.1) is 0 Å². The van der Waals surface area contributed by atoms with Crippen LogP contribution in [0.15, 0.2) is 18.3 Å². The molecule has 0 unspecified atom stereocenters. The summed E-state index contributed by atoms with van der Waals surface area (Å²) in [5, 5.41) is 13.4. The molecule has 0 bridgehead atoms. The number of pyridine rings is 1. The first-order valence-electron chi connectivity index (χ1n) is 4.31. The van der Waals surface area contributed by atoms with Crippen molar-refractivity contribution < 1.29 is 9.90 Å². The molecule has 15 heavy (non-hydrogen) atoms. The molecule has 0 radical (unpaired) electrons. The first-order valence-corrected chi connectivity index (χ1v) is 4.31. The van der Waals surface area contributed by atoms with Crippen molar-refractivity contribution in [1.82, 2.24) is 10.3 Å². The molecule has 0 spiro atoms. The molecular weight excluding hydrogens is 194 g/mol. The van der Waals surface area contributed by atoms with Crippen LogP contribution in [0.4, 0.5) is 10.6 Å². The van der Waals surface area contributed by atoms with Crippen LogP contribution in [0, 0.1) is 11.8 Å². The van der Waals surface area contributed by atoms with E-state index in [1.165, 1.54) is 13.2 Å². The topological polar surface area (TPSA) is 74.2 Å². The predicted molar refractivity (Wildman–Crippen MR) is 56.3 cm³/mol. The van der Waals surface area contributed by atoms with Crippen LogP contribution < -0.4 is 10.6 Å². The number of carbonyl (C=O) groups excluding carboxylic acids is 1. The van der Waals surface area contributed by atoms with Crippen molar-refractivity contribution in [3.8, 4) is 11.8 Å². The van der Waals surface area contributed by atoms with Gasteiger partial charge in [-0.15, -0.1) is 0 Å². The van der Waals surface area contributed by atoms with Crippen LogP contribution in [-0.4, -0.2) is 29.8 Å². The molecule has 0 saturated heterocycles. The third-order valence-electron chi connectivity index (χ3n) is 1.54. The minimum atomic E-state index is -0.338. The Hall–Kier alpha value is -2.06. The van der Waals surface area contributed by atoms with Crippen LogP contribution in [0.5, 0.6) is 0 Å². The molecule has 1 aromatic heterocycles. The number of hydrogen-bond donors (Lipinski definition) is 3. The Morgan fingerprint density at radius 1 is 1.67 bits per heavy atom. The van der Waals surface area contributed by atoms with Crippen molar-refractivity contribution >= 4 is 11.8 Å². The maximum atomic E-state index is 11.0. The number of carbonyl (C=O) groups is 1. The third kappa shape index (κ3) is 3.67. The Morgan fingerprint density at radius 3 is 3.13 bits per heavy atom. The summed E-state index contributed by atoms with van der Waals surface area (Å²) in [5.74, 6) is 5.64. The quantitative estimate of drug-likeness (QED) is 0.572. The van der Waals surface area contributed by atoms with Crippen molar-refractivity contribution in [1.29, 1.82) is 0 Å². The summed E-state index contributed by atoms with van der Waals surface area (Å²) in [6, 6.07) is 2.98. The predicted octanol–water partition coefficient (Wildman–Crippen LogP) is 0.177. The van der Waals surface area contributed by atoms with Crippen molar-refractivity contribution in [2.45, 2.75) is 0 Å². The van der Waals surface area contributed by atoms with E-state index in [1.807, 2.05) is 0 Å². The highest BCUT2D eigenvalue weighted by atomic mass is 16.2. The number of aromatic nitrogens is 1. The zero-order valence-electron chi connectivity index (χ0n) is 8.24. The summed E-state index contributed by atoms with van der Waals surface area (Å²) in [7, 11) is 1.52. The summed E-state index contributed by atoms with van der Waals surface area (Å²) in [6.07, 6.45) is 1.53. The van der Waals surface area contributed by atoms with E-state index in [1.54, 1.807) is 12.1 Å². The monoisotopic (exact) mass is 205 g/mol. The third-order valence-corrected chi connectivity index (χ3v) is 1.54. The molecule has 0 aromatic carbocycles. The Morgan fingerprint density at radius 2 is 2.47 bits per heavy atom. The van der Waals surface area contributed by atoms with E-state index in [9.17, 15) is 4.79 Å². The largest absolute Gasteiger partial charge is 0.384 e. The summed E-state index contributed by atoms with van der Waals surface area (Å²) >= 11 is 0. The normalized spacial score (nSPS) is 8.67. The minimum absolute atomic E-state index is 0.194. The summed E-state index contributed by atoms with van der Waals surface area (Å²) in [6.45, 7) is -0.194. The fourth-order valence-corrected chi connectivity index (χ4v) is 0.897. The van der Waals surface area contributed by atoms with Gasteiger partial charge in [-0.3, -0.25) is 5.32 Å². The van der Waals surface area contributed by atoms with Gasteiger partial charge >= 0.3 is 6.03 Å². The lowest BCUT2D eigenvalue weighted by atomic mass is 10.2. The van der Waals surface area contributed by atoms with Crippen LogP contribution >= 0.6 is 0 Å². The fraction of sp³-hybridized carbons (Fsp3) is 0.200. The zero-order valence-corrected chi connectivity index (χ0v) is 8.24.